The second-order valence-corrected chi connectivity index (χ2v) is 4.85. The average Bonchev–Trinajstić information content (AvgIpc) is 2.64. The third-order valence-corrected chi connectivity index (χ3v) is 2.78. The average molecular weight is 257 g/mol. The highest BCUT2D eigenvalue weighted by atomic mass is 32.1. The van der Waals surface area contributed by atoms with Crippen molar-refractivity contribution in [3.63, 3.8) is 0 Å². The van der Waals surface area contributed by atoms with Crippen molar-refractivity contribution in [3.05, 3.63) is 11.1 Å². The van der Waals surface area contributed by atoms with Gasteiger partial charge in [0.15, 0.2) is 5.13 Å². The number of ether oxygens (including phenoxy) is 1. The third kappa shape index (κ3) is 5.65. The molecule has 0 aromatic carbocycles. The first kappa shape index (κ1) is 13.9. The number of anilines is 1. The van der Waals surface area contributed by atoms with Crippen LogP contribution in [0, 0.1) is 0 Å². The van der Waals surface area contributed by atoms with E-state index in [1.165, 1.54) is 11.3 Å². The third-order valence-electron chi connectivity index (χ3n) is 1.97. The topological polar surface area (TPSA) is 54.5 Å². The predicted molar refractivity (Wildman–Crippen MR) is 69.4 cm³/mol. The number of carbonyl (C=O) groups is 1. The van der Waals surface area contributed by atoms with Crippen molar-refractivity contribution in [3.8, 4) is 0 Å². The molecule has 1 N–H and O–H groups in total. The Hall–Kier alpha value is -1.14. The van der Waals surface area contributed by atoms with E-state index >= 15 is 0 Å². The Morgan fingerprint density at radius 3 is 3.00 bits per heavy atom. The van der Waals surface area contributed by atoms with E-state index < -0.39 is 6.09 Å². The molecule has 0 unspecified atom stereocenters. The van der Waals surface area contributed by atoms with Gasteiger partial charge in [0.1, 0.15) is 0 Å². The highest BCUT2D eigenvalue weighted by Gasteiger charge is 2.07. The number of hydrogen-bond acceptors (Lipinski definition) is 5. The van der Waals surface area contributed by atoms with Crippen LogP contribution in [0.1, 0.15) is 25.5 Å². The Kier molecular flexibility index (Phi) is 5.93. The van der Waals surface area contributed by atoms with Gasteiger partial charge in [-0.05, 0) is 20.5 Å². The maximum atomic E-state index is 11.3. The number of nitrogens with one attached hydrogen (secondary N) is 1. The van der Waals surface area contributed by atoms with Gasteiger partial charge in [-0.1, -0.05) is 13.3 Å². The standard InChI is InChI=1S/C11H19N3O2S/c1-4-5-6-16-11(15)13-10-12-9(8-17-10)7-14(2)3/h8H,4-7H2,1-3H3,(H,12,13,15). The number of aromatic nitrogens is 1. The van der Waals surface area contributed by atoms with E-state index in [-0.39, 0.29) is 0 Å². The van der Waals surface area contributed by atoms with E-state index in [0.717, 1.165) is 25.1 Å². The summed E-state index contributed by atoms with van der Waals surface area (Å²) in [7, 11) is 3.96. The maximum Gasteiger partial charge on any atom is 0.413 e. The molecule has 0 saturated heterocycles. The number of unbranched alkanes of at least 4 members (excludes halogenated alkanes) is 1. The maximum absolute atomic E-state index is 11.3. The molecule has 0 bridgehead atoms. The van der Waals surface area contributed by atoms with Crippen LogP contribution in [0.5, 0.6) is 0 Å². The molecule has 1 aromatic rings. The van der Waals surface area contributed by atoms with Crippen molar-refractivity contribution >= 4 is 22.6 Å². The second kappa shape index (κ2) is 7.24. The molecule has 0 radical (unpaired) electrons. The molecule has 6 heteroatoms. The first-order valence-electron chi connectivity index (χ1n) is 5.64. The first-order chi connectivity index (χ1) is 8.11. The van der Waals surface area contributed by atoms with E-state index in [0.29, 0.717) is 11.7 Å². The van der Waals surface area contributed by atoms with E-state index in [9.17, 15) is 4.79 Å². The van der Waals surface area contributed by atoms with Crippen molar-refractivity contribution in [2.45, 2.75) is 26.3 Å². The lowest BCUT2D eigenvalue weighted by Crippen LogP contribution is -2.14. The van der Waals surface area contributed by atoms with E-state index in [4.69, 9.17) is 4.74 Å². The molecular formula is C11H19N3O2S. The van der Waals surface area contributed by atoms with Crippen molar-refractivity contribution < 1.29 is 9.53 Å². The number of nitrogens with zero attached hydrogens (tertiary/aromatic N) is 2. The minimum absolute atomic E-state index is 0.427. The highest BCUT2D eigenvalue weighted by molar-refractivity contribution is 7.13. The van der Waals surface area contributed by atoms with Crippen LogP contribution in [-0.4, -0.2) is 36.7 Å². The molecule has 1 aromatic heterocycles. The summed E-state index contributed by atoms with van der Waals surface area (Å²) in [5.41, 5.74) is 0.948. The van der Waals surface area contributed by atoms with Crippen LogP contribution in [0.3, 0.4) is 0 Å². The SMILES string of the molecule is CCCCOC(=O)Nc1nc(CN(C)C)cs1. The predicted octanol–water partition coefficient (Wildman–Crippen LogP) is 2.55. The molecule has 5 nitrogen and oxygen atoms in total. The summed E-state index contributed by atoms with van der Waals surface area (Å²) >= 11 is 1.41. The summed E-state index contributed by atoms with van der Waals surface area (Å²) < 4.78 is 4.98. The fraction of sp³-hybridized carbons (Fsp3) is 0.636. The van der Waals surface area contributed by atoms with Gasteiger partial charge in [0.25, 0.3) is 0 Å². The number of amides is 1. The van der Waals surface area contributed by atoms with E-state index in [1.807, 2.05) is 24.4 Å². The molecule has 96 valence electrons. The Morgan fingerprint density at radius 1 is 1.59 bits per heavy atom. The van der Waals surface area contributed by atoms with Gasteiger partial charge in [-0.2, -0.15) is 0 Å². The number of carbonyl (C=O) groups excluding carboxylic acids is 1. The molecule has 0 aliphatic rings. The van der Waals surface area contributed by atoms with Crippen LogP contribution in [0.25, 0.3) is 0 Å². The number of hydrogen-bond donors (Lipinski definition) is 1. The number of thiazole rings is 1. The zero-order chi connectivity index (χ0) is 12.7. The zero-order valence-electron chi connectivity index (χ0n) is 10.5. The van der Waals surface area contributed by atoms with Gasteiger partial charge in [0, 0.05) is 11.9 Å². The summed E-state index contributed by atoms with van der Waals surface area (Å²) in [5.74, 6) is 0. The molecule has 0 saturated carbocycles. The van der Waals surface area contributed by atoms with Crippen molar-refractivity contribution in [2.75, 3.05) is 26.0 Å². The lowest BCUT2D eigenvalue weighted by Gasteiger charge is -2.05. The Labute approximate surface area is 106 Å². The molecule has 0 fully saturated rings. The minimum atomic E-state index is -0.427. The molecule has 0 atom stereocenters. The molecule has 0 spiro atoms. The minimum Gasteiger partial charge on any atom is -0.449 e. The quantitative estimate of drug-likeness (QED) is 0.796. The lowest BCUT2D eigenvalue weighted by atomic mass is 10.4. The molecule has 0 aliphatic carbocycles. The van der Waals surface area contributed by atoms with Crippen LogP contribution in [0.4, 0.5) is 9.93 Å². The van der Waals surface area contributed by atoms with Crippen LogP contribution >= 0.6 is 11.3 Å². The Bertz CT molecular complexity index is 352. The van der Waals surface area contributed by atoms with Gasteiger partial charge < -0.3 is 9.64 Å². The fourth-order valence-electron chi connectivity index (χ4n) is 1.19. The van der Waals surface area contributed by atoms with Gasteiger partial charge in [-0.25, -0.2) is 9.78 Å². The summed E-state index contributed by atoms with van der Waals surface area (Å²) in [6.07, 6.45) is 1.47. The Balaban J connectivity index is 2.35. The summed E-state index contributed by atoms with van der Waals surface area (Å²) in [6, 6.07) is 0. The van der Waals surface area contributed by atoms with Crippen LogP contribution in [0.15, 0.2) is 5.38 Å². The van der Waals surface area contributed by atoms with Gasteiger partial charge >= 0.3 is 6.09 Å². The zero-order valence-corrected chi connectivity index (χ0v) is 11.3. The van der Waals surface area contributed by atoms with Crippen molar-refractivity contribution in [2.24, 2.45) is 0 Å². The molecule has 17 heavy (non-hydrogen) atoms. The van der Waals surface area contributed by atoms with Gasteiger partial charge in [-0.15, -0.1) is 11.3 Å². The summed E-state index contributed by atoms with van der Waals surface area (Å²) in [4.78, 5) is 17.7. The van der Waals surface area contributed by atoms with E-state index in [1.54, 1.807) is 0 Å². The normalized spacial score (nSPS) is 10.6. The molecule has 1 rings (SSSR count). The number of rotatable bonds is 6. The van der Waals surface area contributed by atoms with Crippen LogP contribution in [-0.2, 0) is 11.3 Å². The van der Waals surface area contributed by atoms with Gasteiger partial charge in [0.05, 0.1) is 12.3 Å². The highest BCUT2D eigenvalue weighted by Crippen LogP contribution is 2.16. The fourth-order valence-corrected chi connectivity index (χ4v) is 1.88. The molecule has 0 aliphatic heterocycles. The van der Waals surface area contributed by atoms with Crippen LogP contribution in [0.2, 0.25) is 0 Å². The lowest BCUT2D eigenvalue weighted by molar-refractivity contribution is 0.160. The molecule has 1 heterocycles. The van der Waals surface area contributed by atoms with Crippen LogP contribution < -0.4 is 5.32 Å². The summed E-state index contributed by atoms with van der Waals surface area (Å²) in [5, 5.41) is 5.14. The summed E-state index contributed by atoms with van der Waals surface area (Å²) in [6.45, 7) is 3.27. The largest absolute Gasteiger partial charge is 0.449 e. The van der Waals surface area contributed by atoms with E-state index in [2.05, 4.69) is 17.2 Å². The molecule has 1 amide bonds. The smallest absolute Gasteiger partial charge is 0.413 e. The Morgan fingerprint density at radius 2 is 2.35 bits per heavy atom. The van der Waals surface area contributed by atoms with Gasteiger partial charge in [-0.3, -0.25) is 5.32 Å². The monoisotopic (exact) mass is 257 g/mol. The first-order valence-corrected chi connectivity index (χ1v) is 6.52. The van der Waals surface area contributed by atoms with Crippen molar-refractivity contribution in [1.82, 2.24) is 9.88 Å². The van der Waals surface area contributed by atoms with Gasteiger partial charge in [0.2, 0.25) is 0 Å². The van der Waals surface area contributed by atoms with Crippen molar-refractivity contribution in [1.29, 1.82) is 0 Å². The second-order valence-electron chi connectivity index (χ2n) is 4.00. The molecular weight excluding hydrogens is 238 g/mol.